The topological polar surface area (TPSA) is 99.2 Å². The van der Waals surface area contributed by atoms with E-state index >= 15 is 0 Å². The summed E-state index contributed by atoms with van der Waals surface area (Å²) in [5.41, 5.74) is 4.77. The smallest absolute Gasteiger partial charge is 0.257 e. The van der Waals surface area contributed by atoms with E-state index in [4.69, 9.17) is 0 Å². The van der Waals surface area contributed by atoms with E-state index in [1.165, 1.54) is 0 Å². The van der Waals surface area contributed by atoms with Gasteiger partial charge in [0.05, 0.1) is 5.69 Å². The lowest BCUT2D eigenvalue weighted by Gasteiger charge is -2.15. The number of amides is 1. The van der Waals surface area contributed by atoms with Gasteiger partial charge in [-0.25, -0.2) is 4.98 Å². The molecule has 2 aromatic carbocycles. The Bertz CT molecular complexity index is 1200. The van der Waals surface area contributed by atoms with Crippen LogP contribution in [0.4, 0.5) is 11.6 Å². The summed E-state index contributed by atoms with van der Waals surface area (Å²) < 4.78 is 0. The molecule has 7 nitrogen and oxygen atoms in total. The van der Waals surface area contributed by atoms with Crippen molar-refractivity contribution in [2.24, 2.45) is 4.99 Å². The summed E-state index contributed by atoms with van der Waals surface area (Å²) in [6.45, 7) is 3.95. The molecule has 0 aliphatic heterocycles. The Labute approximate surface area is 180 Å². The number of rotatable bonds is 3. The van der Waals surface area contributed by atoms with Gasteiger partial charge in [0.2, 0.25) is 11.9 Å². The zero-order valence-electron chi connectivity index (χ0n) is 17.7. The number of carbonyl (C=O) groups excluding carboxylic acids is 1. The molecule has 31 heavy (non-hydrogen) atoms. The van der Waals surface area contributed by atoms with E-state index in [1.807, 2.05) is 50.2 Å². The van der Waals surface area contributed by atoms with Gasteiger partial charge in [0.1, 0.15) is 0 Å². The average molecular weight is 415 g/mol. The van der Waals surface area contributed by atoms with Gasteiger partial charge in [-0.1, -0.05) is 29.8 Å². The van der Waals surface area contributed by atoms with Crippen molar-refractivity contribution in [1.82, 2.24) is 15.3 Å². The Hall–Kier alpha value is -3.74. The number of nitrogens with zero attached hydrogens (tertiary/aromatic N) is 2. The first-order valence-corrected chi connectivity index (χ1v) is 10.4. The number of benzene rings is 2. The van der Waals surface area contributed by atoms with Gasteiger partial charge < -0.3 is 5.32 Å². The fraction of sp³-hybridized carbons (Fsp3) is 0.250. The number of aliphatic imine (C=N–C) groups is 1. The van der Waals surface area contributed by atoms with Gasteiger partial charge in [0, 0.05) is 16.8 Å². The second-order valence-corrected chi connectivity index (χ2v) is 7.80. The van der Waals surface area contributed by atoms with Gasteiger partial charge >= 0.3 is 0 Å². The maximum atomic E-state index is 12.8. The number of H-pyrrole nitrogens is 1. The van der Waals surface area contributed by atoms with Crippen LogP contribution in [-0.2, 0) is 12.8 Å². The predicted molar refractivity (Wildman–Crippen MR) is 122 cm³/mol. The first kappa shape index (κ1) is 20.5. The van der Waals surface area contributed by atoms with Gasteiger partial charge in [0.15, 0.2) is 0 Å². The third kappa shape index (κ3) is 5.06. The van der Waals surface area contributed by atoms with E-state index in [0.717, 1.165) is 53.8 Å². The molecule has 1 aliphatic carbocycles. The summed E-state index contributed by atoms with van der Waals surface area (Å²) in [5, 5.41) is 5.94. The molecule has 1 heterocycles. The first-order chi connectivity index (χ1) is 15.0. The standard InChI is InChI=1S/C24H25N5O2/c1-15-10-12-17(13-11-15)21(30)27-23(25-18-7-5-6-16(2)14-18)29-24-26-20-9-4-3-8-19(20)22(31)28-24/h5-7,10-14H,3-4,8-9H2,1-2H3,(H3,25,26,27,28,29,30,31). The monoisotopic (exact) mass is 415 g/mol. The molecule has 0 atom stereocenters. The SMILES string of the molecule is Cc1ccc(C(=O)NC(=Nc2nc3c(c(=O)[nH]2)CCCC3)Nc2cccc(C)c2)cc1. The molecule has 0 saturated carbocycles. The number of nitrogens with one attached hydrogen (secondary N) is 3. The Balaban J connectivity index is 1.67. The normalized spacial score (nSPS) is 13.4. The molecule has 1 aliphatic rings. The number of aromatic nitrogens is 2. The Morgan fingerprint density at radius 1 is 1.03 bits per heavy atom. The lowest BCUT2D eigenvalue weighted by Crippen LogP contribution is -2.36. The van der Waals surface area contributed by atoms with E-state index in [0.29, 0.717) is 5.56 Å². The van der Waals surface area contributed by atoms with Gasteiger partial charge in [-0.3, -0.25) is 19.9 Å². The van der Waals surface area contributed by atoms with E-state index < -0.39 is 0 Å². The van der Waals surface area contributed by atoms with Crippen molar-refractivity contribution in [3.8, 4) is 0 Å². The van der Waals surface area contributed by atoms with Crippen LogP contribution in [0.5, 0.6) is 0 Å². The molecule has 0 radical (unpaired) electrons. The van der Waals surface area contributed by atoms with E-state index in [2.05, 4.69) is 25.6 Å². The molecule has 0 spiro atoms. The van der Waals surface area contributed by atoms with Crippen molar-refractivity contribution in [2.45, 2.75) is 39.5 Å². The van der Waals surface area contributed by atoms with Crippen LogP contribution in [0, 0.1) is 13.8 Å². The van der Waals surface area contributed by atoms with Crippen molar-refractivity contribution in [3.63, 3.8) is 0 Å². The van der Waals surface area contributed by atoms with Crippen molar-refractivity contribution in [1.29, 1.82) is 0 Å². The molecule has 4 rings (SSSR count). The predicted octanol–water partition coefficient (Wildman–Crippen LogP) is 3.80. The molecule has 0 bridgehead atoms. The van der Waals surface area contributed by atoms with Crippen LogP contribution in [-0.4, -0.2) is 21.8 Å². The Morgan fingerprint density at radius 2 is 1.81 bits per heavy atom. The largest absolute Gasteiger partial charge is 0.326 e. The third-order valence-corrected chi connectivity index (χ3v) is 5.22. The molecule has 0 saturated heterocycles. The Kier molecular flexibility index (Phi) is 5.93. The number of fused-ring (bicyclic) bond motifs is 1. The number of carbonyl (C=O) groups is 1. The van der Waals surface area contributed by atoms with Gasteiger partial charge in [-0.2, -0.15) is 4.99 Å². The van der Waals surface area contributed by atoms with Crippen LogP contribution in [0.1, 0.15) is 45.6 Å². The van der Waals surface area contributed by atoms with Gasteiger partial charge in [0.25, 0.3) is 11.5 Å². The molecular formula is C24H25N5O2. The number of aryl methyl sites for hydroxylation is 3. The highest BCUT2D eigenvalue weighted by atomic mass is 16.2. The summed E-state index contributed by atoms with van der Waals surface area (Å²) in [7, 11) is 0. The summed E-state index contributed by atoms with van der Waals surface area (Å²) in [4.78, 5) is 37.0. The van der Waals surface area contributed by atoms with Gasteiger partial charge in [-0.15, -0.1) is 0 Å². The van der Waals surface area contributed by atoms with E-state index in [9.17, 15) is 9.59 Å². The average Bonchev–Trinajstić information content (AvgIpc) is 2.74. The van der Waals surface area contributed by atoms with Crippen LogP contribution >= 0.6 is 0 Å². The molecule has 0 unspecified atom stereocenters. The zero-order chi connectivity index (χ0) is 21.8. The van der Waals surface area contributed by atoms with Crippen molar-refractivity contribution in [3.05, 3.63) is 86.8 Å². The minimum atomic E-state index is -0.306. The minimum absolute atomic E-state index is 0.164. The maximum absolute atomic E-state index is 12.8. The fourth-order valence-corrected chi connectivity index (χ4v) is 3.58. The maximum Gasteiger partial charge on any atom is 0.257 e. The van der Waals surface area contributed by atoms with Crippen LogP contribution in [0.25, 0.3) is 0 Å². The highest BCUT2D eigenvalue weighted by Gasteiger charge is 2.16. The minimum Gasteiger partial charge on any atom is -0.326 e. The number of hydrogen-bond acceptors (Lipinski definition) is 4. The molecule has 0 fully saturated rings. The van der Waals surface area contributed by atoms with Crippen LogP contribution in [0.3, 0.4) is 0 Å². The van der Waals surface area contributed by atoms with E-state index in [-0.39, 0.29) is 23.4 Å². The second-order valence-electron chi connectivity index (χ2n) is 7.80. The van der Waals surface area contributed by atoms with Gasteiger partial charge in [-0.05, 0) is 69.4 Å². The molecule has 3 aromatic rings. The highest BCUT2D eigenvalue weighted by Crippen LogP contribution is 2.18. The lowest BCUT2D eigenvalue weighted by molar-refractivity contribution is 0.0977. The molecule has 3 N–H and O–H groups in total. The van der Waals surface area contributed by atoms with Crippen molar-refractivity contribution >= 4 is 23.5 Å². The van der Waals surface area contributed by atoms with Crippen LogP contribution in [0.15, 0.2) is 58.3 Å². The summed E-state index contributed by atoms with van der Waals surface area (Å²) in [6, 6.07) is 15.0. The molecule has 1 aromatic heterocycles. The molecule has 7 heteroatoms. The quantitative estimate of drug-likeness (QED) is 0.448. The molecule has 158 valence electrons. The van der Waals surface area contributed by atoms with Crippen LogP contribution < -0.4 is 16.2 Å². The number of anilines is 1. The number of guanidine groups is 1. The molecule has 1 amide bonds. The Morgan fingerprint density at radius 3 is 2.58 bits per heavy atom. The third-order valence-electron chi connectivity index (χ3n) is 5.22. The lowest BCUT2D eigenvalue weighted by atomic mass is 9.97. The summed E-state index contributed by atoms with van der Waals surface area (Å²) in [5.74, 6) is 0.0549. The fourth-order valence-electron chi connectivity index (χ4n) is 3.58. The summed E-state index contributed by atoms with van der Waals surface area (Å²) in [6.07, 6.45) is 3.50. The number of aromatic amines is 1. The molecular weight excluding hydrogens is 390 g/mol. The van der Waals surface area contributed by atoms with Crippen LogP contribution in [0.2, 0.25) is 0 Å². The van der Waals surface area contributed by atoms with E-state index in [1.54, 1.807) is 12.1 Å². The van der Waals surface area contributed by atoms with Crippen molar-refractivity contribution in [2.75, 3.05) is 5.32 Å². The highest BCUT2D eigenvalue weighted by molar-refractivity contribution is 6.10. The zero-order valence-corrected chi connectivity index (χ0v) is 17.7. The van der Waals surface area contributed by atoms with Crippen molar-refractivity contribution < 1.29 is 4.79 Å². The first-order valence-electron chi connectivity index (χ1n) is 10.4. The number of hydrogen-bond donors (Lipinski definition) is 3. The second kappa shape index (κ2) is 8.95. The summed E-state index contributed by atoms with van der Waals surface area (Å²) >= 11 is 0.